The van der Waals surface area contributed by atoms with E-state index in [9.17, 15) is 4.79 Å². The fourth-order valence-electron chi connectivity index (χ4n) is 2.53. The fourth-order valence-corrected chi connectivity index (χ4v) is 2.53. The molecular formula is C20H19N3O2. The molecule has 0 saturated heterocycles. The number of rotatable bonds is 4. The highest BCUT2D eigenvalue weighted by molar-refractivity contribution is 5.99. The van der Waals surface area contributed by atoms with Gasteiger partial charge in [0.15, 0.2) is 0 Å². The lowest BCUT2D eigenvalue weighted by Gasteiger charge is -2.13. The number of esters is 1. The van der Waals surface area contributed by atoms with E-state index in [1.54, 1.807) is 30.3 Å². The number of fused-ring (bicyclic) bond motifs is 1. The lowest BCUT2D eigenvalue weighted by molar-refractivity contribution is 0.0735. The number of nitrogens with one attached hydrogen (secondary N) is 1. The number of nitrogens with zero attached hydrogens (tertiary/aromatic N) is 1. The van der Waals surface area contributed by atoms with Crippen LogP contribution in [0.15, 0.2) is 60.7 Å². The quantitative estimate of drug-likeness (QED) is 0.332. The van der Waals surface area contributed by atoms with Crippen LogP contribution in [0.25, 0.3) is 10.8 Å². The predicted octanol–water partition coefficient (Wildman–Crippen LogP) is 3.41. The molecule has 3 N–H and O–H groups in total. The monoisotopic (exact) mass is 333 g/mol. The molecule has 0 unspecified atom stereocenters. The van der Waals surface area contributed by atoms with Crippen LogP contribution >= 0.6 is 0 Å². The molecule has 126 valence electrons. The third-order valence-corrected chi connectivity index (χ3v) is 3.93. The third kappa shape index (κ3) is 3.61. The summed E-state index contributed by atoms with van der Waals surface area (Å²) in [4.78, 5) is 14.3. The van der Waals surface area contributed by atoms with Gasteiger partial charge in [0.2, 0.25) is 0 Å². The molecule has 0 spiro atoms. The number of hydrogen-bond acceptors (Lipinski definition) is 4. The van der Waals surface area contributed by atoms with E-state index in [1.807, 2.05) is 49.3 Å². The van der Waals surface area contributed by atoms with Gasteiger partial charge in [0.1, 0.15) is 11.6 Å². The summed E-state index contributed by atoms with van der Waals surface area (Å²) in [6.07, 6.45) is 0. The van der Waals surface area contributed by atoms with E-state index in [0.717, 1.165) is 16.5 Å². The molecule has 0 aliphatic heterocycles. The maximum atomic E-state index is 12.4. The van der Waals surface area contributed by atoms with Gasteiger partial charge in [0.05, 0.1) is 5.56 Å². The van der Waals surface area contributed by atoms with Crippen LogP contribution in [0.3, 0.4) is 0 Å². The molecule has 25 heavy (non-hydrogen) atoms. The van der Waals surface area contributed by atoms with Gasteiger partial charge in [0.25, 0.3) is 0 Å². The number of benzene rings is 3. The van der Waals surface area contributed by atoms with E-state index < -0.39 is 5.97 Å². The van der Waals surface area contributed by atoms with Crippen LogP contribution in [-0.4, -0.2) is 25.9 Å². The number of carbonyl (C=O) groups is 1. The molecular weight excluding hydrogens is 314 g/mol. The summed E-state index contributed by atoms with van der Waals surface area (Å²) < 4.78 is 5.50. The number of anilines is 1. The van der Waals surface area contributed by atoms with Crippen LogP contribution in [0, 0.1) is 5.41 Å². The minimum Gasteiger partial charge on any atom is -0.423 e. The summed E-state index contributed by atoms with van der Waals surface area (Å²) >= 11 is 0. The lowest BCUT2D eigenvalue weighted by Crippen LogP contribution is -2.12. The first kappa shape index (κ1) is 16.5. The van der Waals surface area contributed by atoms with Gasteiger partial charge in [-0.3, -0.25) is 5.41 Å². The number of nitrogen functional groups attached to an aromatic ring is 1. The molecule has 0 atom stereocenters. The van der Waals surface area contributed by atoms with Crippen LogP contribution in [0.4, 0.5) is 5.69 Å². The Bertz CT molecular complexity index is 964. The maximum Gasteiger partial charge on any atom is 0.343 e. The van der Waals surface area contributed by atoms with Crippen molar-refractivity contribution in [3.63, 3.8) is 0 Å². The summed E-state index contributed by atoms with van der Waals surface area (Å²) in [5.74, 6) is 0.102. The van der Waals surface area contributed by atoms with Gasteiger partial charge >= 0.3 is 5.97 Å². The second kappa shape index (κ2) is 6.65. The first-order valence-electron chi connectivity index (χ1n) is 7.82. The van der Waals surface area contributed by atoms with Gasteiger partial charge in [-0.25, -0.2) is 4.79 Å². The first-order chi connectivity index (χ1) is 11.9. The molecule has 0 saturated carbocycles. The summed E-state index contributed by atoms with van der Waals surface area (Å²) in [5.41, 5.74) is 7.61. The van der Waals surface area contributed by atoms with Crippen molar-refractivity contribution in [3.8, 4) is 5.75 Å². The molecule has 3 aromatic carbocycles. The van der Waals surface area contributed by atoms with E-state index >= 15 is 0 Å². The average Bonchev–Trinajstić information content (AvgIpc) is 2.61. The Labute approximate surface area is 146 Å². The van der Waals surface area contributed by atoms with E-state index in [2.05, 4.69) is 0 Å². The van der Waals surface area contributed by atoms with Crippen LogP contribution in [0.2, 0.25) is 0 Å². The molecule has 0 amide bonds. The molecule has 0 aliphatic carbocycles. The molecule has 0 heterocycles. The van der Waals surface area contributed by atoms with Gasteiger partial charge in [-0.2, -0.15) is 0 Å². The lowest BCUT2D eigenvalue weighted by atomic mass is 10.1. The largest absolute Gasteiger partial charge is 0.423 e. The summed E-state index contributed by atoms with van der Waals surface area (Å²) in [7, 11) is 3.84. The topological polar surface area (TPSA) is 79.4 Å². The Hall–Kier alpha value is -3.34. The first-order valence-corrected chi connectivity index (χ1v) is 7.82. The molecule has 0 aliphatic rings. The van der Waals surface area contributed by atoms with Crippen LogP contribution in [0.1, 0.15) is 15.9 Å². The Kier molecular flexibility index (Phi) is 4.39. The molecule has 5 nitrogen and oxygen atoms in total. The second-order valence-electron chi connectivity index (χ2n) is 5.97. The smallest absolute Gasteiger partial charge is 0.343 e. The zero-order chi connectivity index (χ0) is 18.0. The molecule has 5 heteroatoms. The van der Waals surface area contributed by atoms with Crippen molar-refractivity contribution in [3.05, 3.63) is 71.8 Å². The highest BCUT2D eigenvalue weighted by Gasteiger charge is 2.10. The second-order valence-corrected chi connectivity index (χ2v) is 5.97. The minimum atomic E-state index is -0.400. The molecule has 0 fully saturated rings. The highest BCUT2D eigenvalue weighted by atomic mass is 16.5. The minimum absolute atomic E-state index is 0.0261. The number of carbonyl (C=O) groups excluding carboxylic acids is 1. The zero-order valence-corrected chi connectivity index (χ0v) is 14.1. The normalized spacial score (nSPS) is 10.5. The Morgan fingerprint density at radius 1 is 0.960 bits per heavy atom. The van der Waals surface area contributed by atoms with Crippen molar-refractivity contribution < 1.29 is 9.53 Å². The van der Waals surface area contributed by atoms with Crippen LogP contribution < -0.4 is 15.4 Å². The molecule has 3 rings (SSSR count). The molecule has 0 bridgehead atoms. The fraction of sp³-hybridized carbons (Fsp3) is 0.100. The number of nitrogens with two attached hydrogens (primary N) is 1. The van der Waals surface area contributed by atoms with E-state index in [0.29, 0.717) is 16.9 Å². The molecule has 0 aromatic heterocycles. The highest BCUT2D eigenvalue weighted by Crippen LogP contribution is 2.23. The van der Waals surface area contributed by atoms with E-state index in [1.165, 1.54) is 0 Å². The standard InChI is InChI=1S/C20H19N3O2/c1-23(2)17-5-3-4-16(11-17)20(24)25-18-9-8-13-10-15(19(21)22)7-6-14(13)12-18/h3-12H,1-2H3,(H3,21,22). The van der Waals surface area contributed by atoms with Gasteiger partial charge in [0, 0.05) is 25.3 Å². The number of hydrogen-bond donors (Lipinski definition) is 2. The van der Waals surface area contributed by atoms with Gasteiger partial charge in [-0.05, 0) is 47.2 Å². The van der Waals surface area contributed by atoms with Gasteiger partial charge < -0.3 is 15.4 Å². The Balaban J connectivity index is 1.85. The maximum absolute atomic E-state index is 12.4. The zero-order valence-electron chi connectivity index (χ0n) is 14.1. The van der Waals surface area contributed by atoms with Gasteiger partial charge in [-0.15, -0.1) is 0 Å². The Morgan fingerprint density at radius 2 is 1.68 bits per heavy atom. The van der Waals surface area contributed by atoms with Crippen LogP contribution in [-0.2, 0) is 0 Å². The van der Waals surface area contributed by atoms with Crippen molar-refractivity contribution in [1.82, 2.24) is 0 Å². The summed E-state index contributed by atoms with van der Waals surface area (Å²) in [5, 5.41) is 9.34. The summed E-state index contributed by atoms with van der Waals surface area (Å²) in [6.45, 7) is 0. The Morgan fingerprint density at radius 3 is 2.40 bits per heavy atom. The van der Waals surface area contributed by atoms with Crippen molar-refractivity contribution in [2.24, 2.45) is 5.73 Å². The number of amidine groups is 1. The van der Waals surface area contributed by atoms with Crippen LogP contribution in [0.5, 0.6) is 5.75 Å². The SMILES string of the molecule is CN(C)c1cccc(C(=O)Oc2ccc3cc(C(=N)N)ccc3c2)c1. The van der Waals surface area contributed by atoms with Crippen molar-refractivity contribution in [2.75, 3.05) is 19.0 Å². The van der Waals surface area contributed by atoms with E-state index in [-0.39, 0.29) is 5.84 Å². The van der Waals surface area contributed by atoms with Crippen molar-refractivity contribution in [2.45, 2.75) is 0 Å². The third-order valence-electron chi connectivity index (χ3n) is 3.93. The number of ether oxygens (including phenoxy) is 1. The van der Waals surface area contributed by atoms with E-state index in [4.69, 9.17) is 15.9 Å². The summed E-state index contributed by atoms with van der Waals surface area (Å²) in [6, 6.07) is 18.1. The molecule has 0 radical (unpaired) electrons. The van der Waals surface area contributed by atoms with Crippen molar-refractivity contribution >= 4 is 28.3 Å². The molecule has 3 aromatic rings. The predicted molar refractivity (Wildman–Crippen MR) is 101 cm³/mol. The van der Waals surface area contributed by atoms with Crippen molar-refractivity contribution in [1.29, 1.82) is 5.41 Å². The van der Waals surface area contributed by atoms with Gasteiger partial charge in [-0.1, -0.05) is 24.3 Å². The average molecular weight is 333 g/mol.